The maximum atomic E-state index is 12.6. The van der Waals surface area contributed by atoms with Crippen molar-refractivity contribution in [1.29, 1.82) is 0 Å². The first kappa shape index (κ1) is 18.0. The molecule has 130 valence electrons. The van der Waals surface area contributed by atoms with Crippen molar-refractivity contribution in [2.45, 2.75) is 45.6 Å². The lowest BCUT2D eigenvalue weighted by atomic mass is 10.1. The van der Waals surface area contributed by atoms with Crippen LogP contribution in [0, 0.1) is 0 Å². The predicted molar refractivity (Wildman–Crippen MR) is 92.5 cm³/mol. The molecule has 5 heteroatoms. The van der Waals surface area contributed by atoms with E-state index in [0.717, 1.165) is 30.5 Å². The Morgan fingerprint density at radius 3 is 2.33 bits per heavy atom. The van der Waals surface area contributed by atoms with Crippen molar-refractivity contribution < 1.29 is 19.1 Å². The zero-order chi connectivity index (χ0) is 17.7. The van der Waals surface area contributed by atoms with Crippen LogP contribution >= 0.6 is 0 Å². The van der Waals surface area contributed by atoms with E-state index in [2.05, 4.69) is 6.08 Å². The minimum atomic E-state index is -0.538. The van der Waals surface area contributed by atoms with E-state index < -0.39 is 5.60 Å². The summed E-state index contributed by atoms with van der Waals surface area (Å²) in [6.45, 7) is 6.20. The van der Waals surface area contributed by atoms with Crippen molar-refractivity contribution in [3.8, 4) is 0 Å². The number of benzene rings is 1. The number of hydrogen-bond donors (Lipinski definition) is 0. The van der Waals surface area contributed by atoms with Crippen molar-refractivity contribution in [3.05, 3.63) is 41.5 Å². The van der Waals surface area contributed by atoms with Gasteiger partial charge in [0.2, 0.25) is 0 Å². The summed E-state index contributed by atoms with van der Waals surface area (Å²) in [4.78, 5) is 25.8. The maximum absolute atomic E-state index is 12.6. The smallest absolute Gasteiger partial charge is 0.414 e. The number of carbonyl (C=O) groups excluding carboxylic acids is 2. The summed E-state index contributed by atoms with van der Waals surface area (Å²) < 4.78 is 10.3. The molecule has 5 nitrogen and oxygen atoms in total. The van der Waals surface area contributed by atoms with Crippen molar-refractivity contribution in [1.82, 2.24) is 4.90 Å². The number of methoxy groups -OCH3 is 1. The van der Waals surface area contributed by atoms with Gasteiger partial charge in [-0.25, -0.2) is 9.59 Å². The molecule has 0 atom stereocenters. The largest absolute Gasteiger partial charge is 0.465 e. The van der Waals surface area contributed by atoms with Gasteiger partial charge in [0.15, 0.2) is 0 Å². The molecule has 1 aromatic rings. The number of amides is 1. The number of nitrogens with zero attached hydrogens (tertiary/aromatic N) is 1. The van der Waals surface area contributed by atoms with E-state index in [-0.39, 0.29) is 12.1 Å². The molecule has 0 radical (unpaired) electrons. The summed E-state index contributed by atoms with van der Waals surface area (Å²) in [7, 11) is 1.36. The Bertz CT molecular complexity index is 626. The highest BCUT2D eigenvalue weighted by Crippen LogP contribution is 2.26. The molecule has 0 spiro atoms. The van der Waals surface area contributed by atoms with Crippen LogP contribution in [0.25, 0.3) is 5.70 Å². The molecule has 0 bridgehead atoms. The van der Waals surface area contributed by atoms with Gasteiger partial charge in [-0.2, -0.15) is 0 Å². The molecule has 1 aromatic carbocycles. The van der Waals surface area contributed by atoms with Crippen LogP contribution in [0.15, 0.2) is 30.3 Å². The fraction of sp³-hybridized carbons (Fsp3) is 0.474. The highest BCUT2D eigenvalue weighted by atomic mass is 16.6. The summed E-state index contributed by atoms with van der Waals surface area (Å²) in [5.41, 5.74) is 1.66. The topological polar surface area (TPSA) is 55.8 Å². The van der Waals surface area contributed by atoms with Gasteiger partial charge in [0.05, 0.1) is 18.4 Å². The highest BCUT2D eigenvalue weighted by molar-refractivity contribution is 5.90. The van der Waals surface area contributed by atoms with Crippen molar-refractivity contribution in [2.75, 3.05) is 13.7 Å². The van der Waals surface area contributed by atoms with Crippen molar-refractivity contribution >= 4 is 17.8 Å². The molecule has 0 N–H and O–H groups in total. The molecule has 24 heavy (non-hydrogen) atoms. The molecule has 2 rings (SSSR count). The van der Waals surface area contributed by atoms with Crippen LogP contribution < -0.4 is 0 Å². The Hall–Kier alpha value is -2.30. The second-order valence-electron chi connectivity index (χ2n) is 6.79. The number of carbonyl (C=O) groups is 2. The molecule has 0 unspecified atom stereocenters. The van der Waals surface area contributed by atoms with Crippen LogP contribution in [-0.2, 0) is 9.47 Å². The molecule has 0 saturated carbocycles. The normalized spacial score (nSPS) is 15.3. The lowest BCUT2D eigenvalue weighted by molar-refractivity contribution is 0.0353. The van der Waals surface area contributed by atoms with Gasteiger partial charge in [-0.05, 0) is 57.7 Å². The van der Waals surface area contributed by atoms with Gasteiger partial charge in [0, 0.05) is 6.54 Å². The van der Waals surface area contributed by atoms with Crippen molar-refractivity contribution in [2.24, 2.45) is 0 Å². The zero-order valence-corrected chi connectivity index (χ0v) is 14.8. The molecule has 1 amide bonds. The summed E-state index contributed by atoms with van der Waals surface area (Å²) in [5.74, 6) is -0.375. The quantitative estimate of drug-likeness (QED) is 0.761. The fourth-order valence-corrected chi connectivity index (χ4v) is 2.56. The van der Waals surface area contributed by atoms with Crippen LogP contribution in [0.1, 0.15) is 56.0 Å². The summed E-state index contributed by atoms with van der Waals surface area (Å²) >= 11 is 0. The van der Waals surface area contributed by atoms with E-state index in [1.807, 2.05) is 32.9 Å². The molecule has 0 aliphatic carbocycles. The average molecular weight is 331 g/mol. The molecule has 1 aliphatic heterocycles. The van der Waals surface area contributed by atoms with E-state index in [1.165, 1.54) is 7.11 Å². The Kier molecular flexibility index (Phi) is 5.65. The molecular formula is C19H25NO4. The minimum Gasteiger partial charge on any atom is -0.465 e. The van der Waals surface area contributed by atoms with Gasteiger partial charge in [0.1, 0.15) is 5.60 Å². The summed E-state index contributed by atoms with van der Waals surface area (Å²) in [6, 6.07) is 7.09. The number of allylic oxidation sites excluding steroid dienone is 1. The van der Waals surface area contributed by atoms with E-state index in [9.17, 15) is 9.59 Å². The van der Waals surface area contributed by atoms with Crippen LogP contribution in [0.2, 0.25) is 0 Å². The van der Waals surface area contributed by atoms with E-state index in [0.29, 0.717) is 12.1 Å². The predicted octanol–water partition coefficient (Wildman–Crippen LogP) is 4.24. The number of rotatable bonds is 2. The average Bonchev–Trinajstić information content (AvgIpc) is 2.78. The Morgan fingerprint density at radius 1 is 1.08 bits per heavy atom. The summed E-state index contributed by atoms with van der Waals surface area (Å²) in [5, 5.41) is 0. The van der Waals surface area contributed by atoms with Crippen LogP contribution in [0.4, 0.5) is 4.79 Å². The third-order valence-electron chi connectivity index (χ3n) is 3.68. The standard InChI is InChI=1S/C19H25NO4/c1-19(2,3)24-18(22)20-13-7-5-6-8-16(20)14-9-11-15(12-10-14)17(21)23-4/h8-12H,5-7,13H2,1-4H3. The summed E-state index contributed by atoms with van der Waals surface area (Å²) in [6.07, 6.45) is 4.59. The van der Waals surface area contributed by atoms with Crippen LogP contribution in [-0.4, -0.2) is 36.2 Å². The Balaban J connectivity index is 2.28. The van der Waals surface area contributed by atoms with E-state index in [1.54, 1.807) is 17.0 Å². The molecule has 1 heterocycles. The SMILES string of the molecule is COC(=O)c1ccc(C2=CCCCCN2C(=O)OC(C)(C)C)cc1. The van der Waals surface area contributed by atoms with Crippen LogP contribution in [0.5, 0.6) is 0 Å². The fourth-order valence-electron chi connectivity index (χ4n) is 2.56. The monoisotopic (exact) mass is 331 g/mol. The van der Waals surface area contributed by atoms with Gasteiger partial charge < -0.3 is 9.47 Å². The molecule has 0 aromatic heterocycles. The maximum Gasteiger partial charge on any atom is 0.414 e. The lowest BCUT2D eigenvalue weighted by Gasteiger charge is -2.28. The molecule has 1 aliphatic rings. The van der Waals surface area contributed by atoms with Gasteiger partial charge in [0.25, 0.3) is 0 Å². The van der Waals surface area contributed by atoms with E-state index in [4.69, 9.17) is 9.47 Å². The molecule has 0 fully saturated rings. The zero-order valence-electron chi connectivity index (χ0n) is 14.8. The first-order valence-corrected chi connectivity index (χ1v) is 8.21. The van der Waals surface area contributed by atoms with Gasteiger partial charge in [-0.1, -0.05) is 18.2 Å². The second-order valence-corrected chi connectivity index (χ2v) is 6.79. The Morgan fingerprint density at radius 2 is 1.75 bits per heavy atom. The van der Waals surface area contributed by atoms with E-state index >= 15 is 0 Å². The van der Waals surface area contributed by atoms with Gasteiger partial charge in [-0.3, -0.25) is 4.90 Å². The van der Waals surface area contributed by atoms with Gasteiger partial charge in [-0.15, -0.1) is 0 Å². The third-order valence-corrected chi connectivity index (χ3v) is 3.68. The Labute approximate surface area is 143 Å². The number of ether oxygens (including phenoxy) is 2. The first-order chi connectivity index (χ1) is 11.3. The molecular weight excluding hydrogens is 306 g/mol. The second kappa shape index (κ2) is 7.51. The lowest BCUT2D eigenvalue weighted by Crippen LogP contribution is -2.36. The number of hydrogen-bond acceptors (Lipinski definition) is 4. The van der Waals surface area contributed by atoms with Crippen molar-refractivity contribution in [3.63, 3.8) is 0 Å². The number of esters is 1. The molecule has 0 saturated heterocycles. The van der Waals surface area contributed by atoms with Gasteiger partial charge >= 0.3 is 12.1 Å². The minimum absolute atomic E-state index is 0.340. The highest BCUT2D eigenvalue weighted by Gasteiger charge is 2.26. The first-order valence-electron chi connectivity index (χ1n) is 8.21. The third kappa shape index (κ3) is 4.60. The van der Waals surface area contributed by atoms with Crippen LogP contribution in [0.3, 0.4) is 0 Å².